The predicted molar refractivity (Wildman–Crippen MR) is 104 cm³/mol. The standard InChI is InChI=1S/C20H23N5O3/c21-19(28)22-12-15(26)25-10-8-20(9-11-25)7-6-14-16(20)23-17(24-18(14)27)13-4-2-1-3-5-13/h1-5H,6-12H2,(H3,21,22,28)(H,23,24,27). The molecule has 1 aromatic heterocycles. The fourth-order valence-electron chi connectivity index (χ4n) is 4.33. The Morgan fingerprint density at radius 2 is 1.89 bits per heavy atom. The zero-order chi connectivity index (χ0) is 19.7. The van der Waals surface area contributed by atoms with Gasteiger partial charge in [0.1, 0.15) is 5.82 Å². The lowest BCUT2D eigenvalue weighted by Gasteiger charge is -2.39. The molecule has 1 aromatic carbocycles. The molecule has 146 valence electrons. The van der Waals surface area contributed by atoms with Crippen LogP contribution < -0.4 is 16.6 Å². The van der Waals surface area contributed by atoms with Crippen LogP contribution in [-0.2, 0) is 16.6 Å². The molecule has 4 N–H and O–H groups in total. The summed E-state index contributed by atoms with van der Waals surface area (Å²) in [5.41, 5.74) is 7.35. The number of carbonyl (C=O) groups excluding carboxylic acids is 2. The molecule has 0 atom stereocenters. The number of nitrogens with one attached hydrogen (secondary N) is 2. The normalized spacial score (nSPS) is 17.4. The van der Waals surface area contributed by atoms with E-state index >= 15 is 0 Å². The number of carbonyl (C=O) groups is 2. The van der Waals surface area contributed by atoms with Gasteiger partial charge in [-0.25, -0.2) is 9.78 Å². The van der Waals surface area contributed by atoms with Gasteiger partial charge in [0.25, 0.3) is 5.56 Å². The van der Waals surface area contributed by atoms with Crippen molar-refractivity contribution in [3.8, 4) is 11.4 Å². The van der Waals surface area contributed by atoms with Crippen LogP contribution in [0.15, 0.2) is 35.1 Å². The number of rotatable bonds is 3. The van der Waals surface area contributed by atoms with Crippen LogP contribution in [0.3, 0.4) is 0 Å². The summed E-state index contributed by atoms with van der Waals surface area (Å²) in [4.78, 5) is 45.2. The van der Waals surface area contributed by atoms with Gasteiger partial charge in [0.15, 0.2) is 0 Å². The highest BCUT2D eigenvalue weighted by Gasteiger charge is 2.44. The molecule has 1 spiro atoms. The SMILES string of the molecule is NC(=O)NCC(=O)N1CCC2(CCc3c2nc(-c2ccccc2)[nH]c3=O)CC1. The highest BCUT2D eigenvalue weighted by molar-refractivity contribution is 5.83. The number of fused-ring (bicyclic) bond motifs is 2. The first-order valence-electron chi connectivity index (χ1n) is 9.49. The molecule has 0 radical (unpaired) electrons. The number of benzene rings is 1. The van der Waals surface area contributed by atoms with Crippen LogP contribution in [-0.4, -0.2) is 46.4 Å². The number of urea groups is 1. The molecule has 28 heavy (non-hydrogen) atoms. The average molecular weight is 381 g/mol. The fraction of sp³-hybridized carbons (Fsp3) is 0.400. The Bertz CT molecular complexity index is 962. The molecule has 1 saturated heterocycles. The lowest BCUT2D eigenvalue weighted by Crippen LogP contribution is -2.48. The van der Waals surface area contributed by atoms with E-state index in [0.717, 1.165) is 36.1 Å². The highest BCUT2D eigenvalue weighted by atomic mass is 16.2. The molecule has 8 nitrogen and oxygen atoms in total. The van der Waals surface area contributed by atoms with Gasteiger partial charge in [0, 0.05) is 29.6 Å². The number of nitrogens with two attached hydrogens (primary N) is 1. The van der Waals surface area contributed by atoms with Crippen molar-refractivity contribution in [1.29, 1.82) is 0 Å². The van der Waals surface area contributed by atoms with E-state index in [2.05, 4.69) is 10.3 Å². The second kappa shape index (κ2) is 7.10. The summed E-state index contributed by atoms with van der Waals surface area (Å²) >= 11 is 0. The molecule has 0 bridgehead atoms. The van der Waals surface area contributed by atoms with E-state index in [-0.39, 0.29) is 23.4 Å². The van der Waals surface area contributed by atoms with Crippen LogP contribution in [0.4, 0.5) is 4.79 Å². The van der Waals surface area contributed by atoms with Gasteiger partial charge in [-0.2, -0.15) is 0 Å². The molecule has 0 saturated carbocycles. The maximum atomic E-state index is 12.6. The Labute approximate surface area is 162 Å². The minimum absolute atomic E-state index is 0.0649. The van der Waals surface area contributed by atoms with Crippen LogP contribution >= 0.6 is 0 Å². The maximum absolute atomic E-state index is 12.6. The Balaban J connectivity index is 1.56. The van der Waals surface area contributed by atoms with Crippen molar-refractivity contribution >= 4 is 11.9 Å². The molecule has 2 aliphatic rings. The Morgan fingerprint density at radius 3 is 2.57 bits per heavy atom. The lowest BCUT2D eigenvalue weighted by molar-refractivity contribution is -0.131. The largest absolute Gasteiger partial charge is 0.352 e. The highest BCUT2D eigenvalue weighted by Crippen LogP contribution is 2.44. The fourth-order valence-corrected chi connectivity index (χ4v) is 4.33. The third-order valence-electron chi connectivity index (χ3n) is 5.91. The number of hydrogen-bond donors (Lipinski definition) is 3. The van der Waals surface area contributed by atoms with Crippen molar-refractivity contribution in [2.45, 2.75) is 31.1 Å². The molecule has 3 amide bonds. The zero-order valence-electron chi connectivity index (χ0n) is 15.5. The van der Waals surface area contributed by atoms with Crippen molar-refractivity contribution in [3.05, 3.63) is 51.9 Å². The Hall–Kier alpha value is -3.16. The quantitative estimate of drug-likeness (QED) is 0.732. The van der Waals surface area contributed by atoms with Crippen molar-refractivity contribution in [2.75, 3.05) is 19.6 Å². The van der Waals surface area contributed by atoms with Crippen molar-refractivity contribution in [3.63, 3.8) is 0 Å². The van der Waals surface area contributed by atoms with E-state index < -0.39 is 6.03 Å². The van der Waals surface area contributed by atoms with Crippen LogP contribution in [0.1, 0.15) is 30.5 Å². The Morgan fingerprint density at radius 1 is 1.18 bits per heavy atom. The first-order valence-corrected chi connectivity index (χ1v) is 9.49. The van der Waals surface area contributed by atoms with Gasteiger partial charge in [-0.15, -0.1) is 0 Å². The maximum Gasteiger partial charge on any atom is 0.312 e. The number of likely N-dealkylation sites (tertiary alicyclic amines) is 1. The molecular weight excluding hydrogens is 358 g/mol. The predicted octanol–water partition coefficient (Wildman–Crippen LogP) is 0.912. The van der Waals surface area contributed by atoms with Crippen molar-refractivity contribution in [2.24, 2.45) is 5.73 Å². The summed E-state index contributed by atoms with van der Waals surface area (Å²) in [6, 6.07) is 8.92. The van der Waals surface area contributed by atoms with Gasteiger partial charge in [-0.05, 0) is 25.7 Å². The molecule has 2 heterocycles. The van der Waals surface area contributed by atoms with Crippen molar-refractivity contribution < 1.29 is 9.59 Å². The van der Waals surface area contributed by atoms with Gasteiger partial charge in [0.2, 0.25) is 5.91 Å². The van der Waals surface area contributed by atoms with Gasteiger partial charge < -0.3 is 20.9 Å². The number of piperidine rings is 1. The second-order valence-corrected chi connectivity index (χ2v) is 7.49. The van der Waals surface area contributed by atoms with E-state index in [9.17, 15) is 14.4 Å². The van der Waals surface area contributed by atoms with E-state index in [1.54, 1.807) is 4.90 Å². The van der Waals surface area contributed by atoms with Gasteiger partial charge in [-0.3, -0.25) is 9.59 Å². The van der Waals surface area contributed by atoms with E-state index in [0.29, 0.717) is 25.3 Å². The number of amides is 3. The van der Waals surface area contributed by atoms with E-state index in [1.165, 1.54) is 0 Å². The zero-order valence-corrected chi connectivity index (χ0v) is 15.5. The number of H-pyrrole nitrogens is 1. The smallest absolute Gasteiger partial charge is 0.312 e. The summed E-state index contributed by atoms with van der Waals surface area (Å²) in [5.74, 6) is 0.450. The molecule has 1 aliphatic carbocycles. The number of primary amides is 1. The molecule has 2 aromatic rings. The Kier molecular flexibility index (Phi) is 4.62. The number of aromatic amines is 1. The first-order chi connectivity index (χ1) is 13.5. The third kappa shape index (κ3) is 3.26. The van der Waals surface area contributed by atoms with Crippen molar-refractivity contribution in [1.82, 2.24) is 20.2 Å². The summed E-state index contributed by atoms with van der Waals surface area (Å²) in [6.07, 6.45) is 3.10. The summed E-state index contributed by atoms with van der Waals surface area (Å²) in [7, 11) is 0. The molecular formula is C20H23N5O3. The lowest BCUT2D eigenvalue weighted by atomic mass is 9.76. The molecule has 1 fully saturated rings. The molecule has 1 aliphatic heterocycles. The average Bonchev–Trinajstić information content (AvgIpc) is 3.06. The summed E-state index contributed by atoms with van der Waals surface area (Å²) in [6.45, 7) is 1.07. The molecule has 4 rings (SSSR count). The van der Waals surface area contributed by atoms with E-state index in [1.807, 2.05) is 30.3 Å². The third-order valence-corrected chi connectivity index (χ3v) is 5.91. The van der Waals surface area contributed by atoms with Crippen LogP contribution in [0.2, 0.25) is 0 Å². The van der Waals surface area contributed by atoms with Crippen LogP contribution in [0.5, 0.6) is 0 Å². The first kappa shape index (κ1) is 18.2. The molecule has 8 heteroatoms. The minimum Gasteiger partial charge on any atom is -0.352 e. The van der Waals surface area contributed by atoms with Gasteiger partial charge >= 0.3 is 6.03 Å². The van der Waals surface area contributed by atoms with Gasteiger partial charge in [-0.1, -0.05) is 30.3 Å². The molecule has 0 unspecified atom stereocenters. The number of nitrogens with zero attached hydrogens (tertiary/aromatic N) is 2. The topological polar surface area (TPSA) is 121 Å². The number of aromatic nitrogens is 2. The van der Waals surface area contributed by atoms with Crippen LogP contribution in [0.25, 0.3) is 11.4 Å². The van der Waals surface area contributed by atoms with E-state index in [4.69, 9.17) is 10.7 Å². The number of hydrogen-bond acceptors (Lipinski definition) is 4. The monoisotopic (exact) mass is 381 g/mol. The summed E-state index contributed by atoms with van der Waals surface area (Å²) < 4.78 is 0. The van der Waals surface area contributed by atoms with Gasteiger partial charge in [0.05, 0.1) is 12.2 Å². The summed E-state index contributed by atoms with van der Waals surface area (Å²) in [5, 5.41) is 2.34. The van der Waals surface area contributed by atoms with Crippen LogP contribution in [0, 0.1) is 0 Å². The minimum atomic E-state index is -0.705. The second-order valence-electron chi connectivity index (χ2n) is 7.49.